The number of aromatic nitrogens is 2. The van der Waals surface area contributed by atoms with Crippen LogP contribution in [0.4, 0.5) is 29.6 Å². The summed E-state index contributed by atoms with van der Waals surface area (Å²) in [7, 11) is 0. The van der Waals surface area contributed by atoms with Crippen LogP contribution in [0.3, 0.4) is 0 Å². The van der Waals surface area contributed by atoms with Gasteiger partial charge in [0.25, 0.3) is 0 Å². The van der Waals surface area contributed by atoms with Crippen LogP contribution in [0, 0.1) is 11.3 Å². The Morgan fingerprint density at radius 3 is 2.48 bits per heavy atom. The molecule has 164 valence electrons. The fourth-order valence-corrected chi connectivity index (χ4v) is 3.16. The van der Waals surface area contributed by atoms with E-state index in [4.69, 9.17) is 5.26 Å². The third-order valence-corrected chi connectivity index (χ3v) is 4.84. The Labute approximate surface area is 177 Å². The third kappa shape index (κ3) is 6.47. The average Bonchev–Trinajstić information content (AvgIpc) is 2.77. The number of nitrogens with zero attached hydrogens (tertiary/aromatic N) is 4. The van der Waals surface area contributed by atoms with Gasteiger partial charge in [-0.25, -0.2) is 14.8 Å². The Morgan fingerprint density at radius 2 is 1.90 bits per heavy atom. The van der Waals surface area contributed by atoms with Crippen LogP contribution >= 0.6 is 0 Å². The van der Waals surface area contributed by atoms with Gasteiger partial charge in [0.05, 0.1) is 11.1 Å². The standard InChI is InChI=1S/C20H22F3N7O/c21-20(22,23)15-2-3-17(27-13-15)25-7-8-26-19(31)29-16-5-9-30(10-6-16)18-4-1-14(11-24)12-28-18/h1-4,12-13,16H,5-10H2,(H,25,27)(H2,26,29,31). The first-order valence-electron chi connectivity index (χ1n) is 9.78. The molecule has 0 aromatic carbocycles. The molecule has 31 heavy (non-hydrogen) atoms. The summed E-state index contributed by atoms with van der Waals surface area (Å²) in [5.41, 5.74) is -0.294. The second-order valence-electron chi connectivity index (χ2n) is 7.04. The van der Waals surface area contributed by atoms with E-state index in [9.17, 15) is 18.0 Å². The molecule has 2 aromatic heterocycles. The monoisotopic (exact) mass is 433 g/mol. The number of hydrogen-bond acceptors (Lipinski definition) is 6. The van der Waals surface area contributed by atoms with E-state index in [1.165, 1.54) is 6.07 Å². The summed E-state index contributed by atoms with van der Waals surface area (Å²) >= 11 is 0. The van der Waals surface area contributed by atoms with Crippen molar-refractivity contribution in [2.24, 2.45) is 0 Å². The smallest absolute Gasteiger partial charge is 0.368 e. The summed E-state index contributed by atoms with van der Waals surface area (Å²) in [5, 5.41) is 17.3. The molecule has 1 saturated heterocycles. The summed E-state index contributed by atoms with van der Waals surface area (Å²) < 4.78 is 37.5. The maximum Gasteiger partial charge on any atom is 0.417 e. The Balaban J connectivity index is 1.33. The maximum atomic E-state index is 12.5. The highest BCUT2D eigenvalue weighted by molar-refractivity contribution is 5.74. The number of urea groups is 1. The molecule has 0 saturated carbocycles. The van der Waals surface area contributed by atoms with Crippen molar-refractivity contribution >= 4 is 17.7 Å². The van der Waals surface area contributed by atoms with E-state index in [1.807, 2.05) is 12.1 Å². The highest BCUT2D eigenvalue weighted by Crippen LogP contribution is 2.28. The lowest BCUT2D eigenvalue weighted by atomic mass is 10.1. The number of anilines is 2. The largest absolute Gasteiger partial charge is 0.417 e. The number of nitriles is 1. The van der Waals surface area contributed by atoms with Crippen LogP contribution in [-0.4, -0.2) is 48.2 Å². The van der Waals surface area contributed by atoms with E-state index < -0.39 is 11.7 Å². The van der Waals surface area contributed by atoms with Gasteiger partial charge < -0.3 is 20.9 Å². The minimum absolute atomic E-state index is 0.0409. The molecular weight excluding hydrogens is 411 g/mol. The Hall–Kier alpha value is -3.55. The molecule has 0 radical (unpaired) electrons. The molecule has 3 rings (SSSR count). The number of pyridine rings is 2. The van der Waals surface area contributed by atoms with Crippen LogP contribution < -0.4 is 20.9 Å². The lowest BCUT2D eigenvalue weighted by Gasteiger charge is -2.33. The molecule has 0 bridgehead atoms. The van der Waals surface area contributed by atoms with E-state index in [-0.39, 0.29) is 12.1 Å². The molecule has 0 unspecified atom stereocenters. The summed E-state index contributed by atoms with van der Waals surface area (Å²) in [4.78, 5) is 22.2. The van der Waals surface area contributed by atoms with E-state index in [1.54, 1.807) is 12.3 Å². The molecule has 2 aromatic rings. The van der Waals surface area contributed by atoms with E-state index in [0.29, 0.717) is 24.5 Å². The number of hydrogen-bond donors (Lipinski definition) is 3. The molecule has 11 heteroatoms. The summed E-state index contributed by atoms with van der Waals surface area (Å²) in [5.74, 6) is 1.11. The summed E-state index contributed by atoms with van der Waals surface area (Å²) in [6, 6.07) is 7.54. The van der Waals surface area contributed by atoms with Crippen LogP contribution in [0.5, 0.6) is 0 Å². The molecular formula is C20H22F3N7O. The Kier molecular flexibility index (Phi) is 7.12. The second-order valence-corrected chi connectivity index (χ2v) is 7.04. The quantitative estimate of drug-likeness (QED) is 0.605. The van der Waals surface area contributed by atoms with Crippen molar-refractivity contribution in [2.45, 2.75) is 25.1 Å². The highest BCUT2D eigenvalue weighted by Gasteiger charge is 2.30. The first-order valence-corrected chi connectivity index (χ1v) is 9.78. The number of carbonyl (C=O) groups is 1. The van der Waals surface area contributed by atoms with E-state index in [0.717, 1.165) is 44.0 Å². The summed E-state index contributed by atoms with van der Waals surface area (Å²) in [6.45, 7) is 2.10. The van der Waals surface area contributed by atoms with Crippen molar-refractivity contribution < 1.29 is 18.0 Å². The maximum absolute atomic E-state index is 12.5. The van der Waals surface area contributed by atoms with Crippen molar-refractivity contribution in [1.29, 1.82) is 5.26 Å². The molecule has 2 amide bonds. The van der Waals surface area contributed by atoms with Gasteiger partial charge in [0, 0.05) is 44.6 Å². The van der Waals surface area contributed by atoms with Crippen LogP contribution in [0.15, 0.2) is 36.7 Å². The molecule has 1 fully saturated rings. The van der Waals surface area contributed by atoms with Crippen LogP contribution in [-0.2, 0) is 6.18 Å². The second kappa shape index (κ2) is 9.97. The zero-order chi connectivity index (χ0) is 22.3. The predicted octanol–water partition coefficient (Wildman–Crippen LogP) is 2.75. The van der Waals surface area contributed by atoms with Crippen LogP contribution in [0.1, 0.15) is 24.0 Å². The zero-order valence-electron chi connectivity index (χ0n) is 16.6. The average molecular weight is 433 g/mol. The lowest BCUT2D eigenvalue weighted by molar-refractivity contribution is -0.137. The highest BCUT2D eigenvalue weighted by atomic mass is 19.4. The Morgan fingerprint density at radius 1 is 1.13 bits per heavy atom. The van der Waals surface area contributed by atoms with Crippen molar-refractivity contribution in [1.82, 2.24) is 20.6 Å². The minimum atomic E-state index is -4.42. The first kappa shape index (κ1) is 22.1. The predicted molar refractivity (Wildman–Crippen MR) is 108 cm³/mol. The van der Waals surface area contributed by atoms with Crippen LogP contribution in [0.25, 0.3) is 0 Å². The Bertz CT molecular complexity index is 902. The zero-order valence-corrected chi connectivity index (χ0v) is 16.6. The van der Waals surface area contributed by atoms with Crippen LogP contribution in [0.2, 0.25) is 0 Å². The molecule has 1 aliphatic rings. The SMILES string of the molecule is N#Cc1ccc(N2CCC(NC(=O)NCCNc3ccc(C(F)(F)F)cn3)CC2)nc1. The number of alkyl halides is 3. The van der Waals surface area contributed by atoms with Gasteiger partial charge in [-0.2, -0.15) is 18.4 Å². The third-order valence-electron chi connectivity index (χ3n) is 4.84. The fraction of sp³-hybridized carbons (Fsp3) is 0.400. The number of nitrogens with one attached hydrogen (secondary N) is 3. The van der Waals surface area contributed by atoms with Crippen molar-refractivity contribution in [3.8, 4) is 6.07 Å². The number of carbonyl (C=O) groups excluding carboxylic acids is 1. The first-order chi connectivity index (χ1) is 14.8. The van der Waals surface area contributed by atoms with Crippen molar-refractivity contribution in [3.05, 3.63) is 47.8 Å². The van der Waals surface area contributed by atoms with Gasteiger partial charge in [-0.1, -0.05) is 0 Å². The topological polar surface area (TPSA) is 106 Å². The molecule has 0 spiro atoms. The number of halogens is 3. The van der Waals surface area contributed by atoms with E-state index >= 15 is 0 Å². The lowest BCUT2D eigenvalue weighted by Crippen LogP contribution is -2.48. The van der Waals surface area contributed by atoms with E-state index in [2.05, 4.69) is 30.8 Å². The van der Waals surface area contributed by atoms with Gasteiger partial charge in [-0.3, -0.25) is 0 Å². The number of piperidine rings is 1. The molecule has 0 atom stereocenters. The number of rotatable bonds is 6. The number of amides is 2. The van der Waals surface area contributed by atoms with Gasteiger partial charge in [0.15, 0.2) is 0 Å². The van der Waals surface area contributed by atoms with Crippen molar-refractivity contribution in [3.63, 3.8) is 0 Å². The molecule has 3 N–H and O–H groups in total. The normalized spacial score (nSPS) is 14.6. The van der Waals surface area contributed by atoms with Gasteiger partial charge in [-0.15, -0.1) is 0 Å². The molecule has 8 nitrogen and oxygen atoms in total. The fourth-order valence-electron chi connectivity index (χ4n) is 3.16. The molecule has 3 heterocycles. The molecule has 1 aliphatic heterocycles. The van der Waals surface area contributed by atoms with Crippen molar-refractivity contribution in [2.75, 3.05) is 36.4 Å². The van der Waals surface area contributed by atoms with Gasteiger partial charge >= 0.3 is 12.2 Å². The van der Waals surface area contributed by atoms with Gasteiger partial charge in [0.1, 0.15) is 17.7 Å². The van der Waals surface area contributed by atoms with Gasteiger partial charge in [-0.05, 0) is 37.1 Å². The molecule has 0 aliphatic carbocycles. The summed E-state index contributed by atoms with van der Waals surface area (Å²) in [6.07, 6.45) is -0.574. The minimum Gasteiger partial charge on any atom is -0.368 e. The van der Waals surface area contributed by atoms with Gasteiger partial charge in [0.2, 0.25) is 0 Å².